The van der Waals surface area contributed by atoms with Gasteiger partial charge in [-0.05, 0) is 18.9 Å². The van der Waals surface area contributed by atoms with Gasteiger partial charge in [0.1, 0.15) is 10.7 Å². The van der Waals surface area contributed by atoms with Crippen molar-refractivity contribution in [2.45, 2.75) is 36.1 Å². The van der Waals surface area contributed by atoms with Crippen LogP contribution in [0.1, 0.15) is 25.7 Å². The van der Waals surface area contributed by atoms with Crippen LogP contribution in [0.2, 0.25) is 0 Å². The van der Waals surface area contributed by atoms with Crippen LogP contribution in [0.5, 0.6) is 0 Å². The Balaban J connectivity index is 2.39. The SMILES string of the molecule is NCC1(NS(=O)(=O)c2cc([N+](=O)[O-])ccc2F)CCCC1. The van der Waals surface area contributed by atoms with Gasteiger partial charge in [0.25, 0.3) is 5.69 Å². The van der Waals surface area contributed by atoms with Crippen molar-refractivity contribution in [3.8, 4) is 0 Å². The number of nitro groups is 1. The normalized spacial score (nSPS) is 17.8. The lowest BCUT2D eigenvalue weighted by Crippen LogP contribution is -2.51. The van der Waals surface area contributed by atoms with Crippen molar-refractivity contribution in [1.82, 2.24) is 4.72 Å². The van der Waals surface area contributed by atoms with E-state index in [-0.39, 0.29) is 6.54 Å². The second-order valence-corrected chi connectivity index (χ2v) is 6.82. The highest BCUT2D eigenvalue weighted by Crippen LogP contribution is 2.31. The van der Waals surface area contributed by atoms with E-state index < -0.39 is 36.9 Å². The summed E-state index contributed by atoms with van der Waals surface area (Å²) >= 11 is 0. The van der Waals surface area contributed by atoms with E-state index >= 15 is 0 Å². The van der Waals surface area contributed by atoms with Gasteiger partial charge < -0.3 is 5.73 Å². The van der Waals surface area contributed by atoms with Gasteiger partial charge in [0.15, 0.2) is 0 Å². The van der Waals surface area contributed by atoms with E-state index in [4.69, 9.17) is 5.73 Å². The molecule has 1 aliphatic carbocycles. The fourth-order valence-corrected chi connectivity index (χ4v) is 4.12. The van der Waals surface area contributed by atoms with Gasteiger partial charge in [-0.3, -0.25) is 10.1 Å². The Bertz CT molecular complexity index is 656. The zero-order valence-electron chi connectivity index (χ0n) is 11.2. The van der Waals surface area contributed by atoms with Crippen LogP contribution in [0.25, 0.3) is 0 Å². The van der Waals surface area contributed by atoms with Crippen LogP contribution in [-0.4, -0.2) is 25.4 Å². The lowest BCUT2D eigenvalue weighted by molar-refractivity contribution is -0.385. The van der Waals surface area contributed by atoms with E-state index in [1.54, 1.807) is 0 Å². The van der Waals surface area contributed by atoms with Crippen LogP contribution < -0.4 is 10.5 Å². The molecule has 1 saturated carbocycles. The Morgan fingerprint density at radius 2 is 2.00 bits per heavy atom. The maximum Gasteiger partial charge on any atom is 0.270 e. The second kappa shape index (κ2) is 5.66. The lowest BCUT2D eigenvalue weighted by Gasteiger charge is -2.28. The molecule has 7 nitrogen and oxygen atoms in total. The molecular formula is C12H16FN3O4S. The van der Waals surface area contributed by atoms with Gasteiger partial charge >= 0.3 is 0 Å². The van der Waals surface area contributed by atoms with Gasteiger partial charge in [0.2, 0.25) is 10.0 Å². The highest BCUT2D eigenvalue weighted by Gasteiger charge is 2.38. The van der Waals surface area contributed by atoms with Crippen molar-refractivity contribution < 1.29 is 17.7 Å². The molecule has 0 unspecified atom stereocenters. The lowest BCUT2D eigenvalue weighted by atomic mass is 10.0. The largest absolute Gasteiger partial charge is 0.329 e. The summed E-state index contributed by atoms with van der Waals surface area (Å²) in [6.45, 7) is 0.1000. The van der Waals surface area contributed by atoms with Gasteiger partial charge in [0, 0.05) is 24.2 Å². The Morgan fingerprint density at radius 3 is 2.52 bits per heavy atom. The zero-order chi connectivity index (χ0) is 15.7. The van der Waals surface area contributed by atoms with Crippen LogP contribution >= 0.6 is 0 Å². The molecule has 0 aliphatic heterocycles. The molecule has 0 atom stereocenters. The third-order valence-corrected chi connectivity index (χ3v) is 5.31. The minimum atomic E-state index is -4.21. The summed E-state index contributed by atoms with van der Waals surface area (Å²) in [7, 11) is -4.21. The van der Waals surface area contributed by atoms with Gasteiger partial charge in [-0.2, -0.15) is 0 Å². The van der Waals surface area contributed by atoms with Gasteiger partial charge in [-0.15, -0.1) is 0 Å². The first-order chi connectivity index (χ1) is 9.80. The molecule has 1 aliphatic rings. The van der Waals surface area contributed by atoms with Crippen molar-refractivity contribution in [2.24, 2.45) is 5.73 Å². The third kappa shape index (κ3) is 3.20. The van der Waals surface area contributed by atoms with Crippen molar-refractivity contribution in [1.29, 1.82) is 0 Å². The summed E-state index contributed by atoms with van der Waals surface area (Å²) in [5, 5.41) is 10.7. The minimum absolute atomic E-state index is 0.1000. The predicted octanol–water partition coefficient (Wildman–Crippen LogP) is 1.28. The van der Waals surface area contributed by atoms with Crippen molar-refractivity contribution >= 4 is 15.7 Å². The van der Waals surface area contributed by atoms with E-state index in [9.17, 15) is 22.9 Å². The standard InChI is InChI=1S/C12H16FN3O4S/c13-10-4-3-9(16(17)18)7-11(10)21(19,20)15-12(8-14)5-1-2-6-12/h3-4,7,15H,1-2,5-6,8,14H2. The third-order valence-electron chi connectivity index (χ3n) is 3.72. The first-order valence-corrected chi connectivity index (χ1v) is 7.96. The molecule has 2 rings (SSSR count). The fourth-order valence-electron chi connectivity index (χ4n) is 2.55. The minimum Gasteiger partial charge on any atom is -0.329 e. The topological polar surface area (TPSA) is 115 Å². The van der Waals surface area contributed by atoms with E-state index in [0.29, 0.717) is 12.8 Å². The number of nitrogens with zero attached hydrogens (tertiary/aromatic N) is 1. The van der Waals surface area contributed by atoms with Crippen molar-refractivity contribution in [2.75, 3.05) is 6.54 Å². The molecular weight excluding hydrogens is 301 g/mol. The molecule has 0 radical (unpaired) electrons. The molecule has 0 bridgehead atoms. The molecule has 0 saturated heterocycles. The van der Waals surface area contributed by atoms with Gasteiger partial charge in [-0.1, -0.05) is 12.8 Å². The molecule has 1 aromatic rings. The fraction of sp³-hybridized carbons (Fsp3) is 0.500. The second-order valence-electron chi connectivity index (χ2n) is 5.17. The molecule has 1 aromatic carbocycles. The molecule has 0 aromatic heterocycles. The zero-order valence-corrected chi connectivity index (χ0v) is 12.0. The highest BCUT2D eigenvalue weighted by molar-refractivity contribution is 7.89. The Labute approximate surface area is 121 Å². The average molecular weight is 317 g/mol. The molecule has 3 N–H and O–H groups in total. The number of benzene rings is 1. The van der Waals surface area contributed by atoms with Gasteiger partial charge in [-0.25, -0.2) is 17.5 Å². The number of sulfonamides is 1. The molecule has 116 valence electrons. The van der Waals surface area contributed by atoms with Crippen molar-refractivity contribution in [3.05, 3.63) is 34.1 Å². The molecule has 21 heavy (non-hydrogen) atoms. The average Bonchev–Trinajstić information content (AvgIpc) is 2.87. The van der Waals surface area contributed by atoms with Gasteiger partial charge in [0.05, 0.1) is 4.92 Å². The summed E-state index contributed by atoms with van der Waals surface area (Å²) in [5.74, 6) is -1.03. The smallest absolute Gasteiger partial charge is 0.270 e. The maximum atomic E-state index is 13.8. The summed E-state index contributed by atoms with van der Waals surface area (Å²) in [6.07, 6.45) is 2.80. The van der Waals surface area contributed by atoms with E-state index in [2.05, 4.69) is 4.72 Å². The number of halogens is 1. The maximum absolute atomic E-state index is 13.8. The molecule has 0 heterocycles. The van der Waals surface area contributed by atoms with Crippen LogP contribution in [0, 0.1) is 15.9 Å². The van der Waals surface area contributed by atoms with Crippen LogP contribution in [0.3, 0.4) is 0 Å². The molecule has 0 spiro atoms. The number of nitro benzene ring substituents is 1. The van der Waals surface area contributed by atoms with E-state index in [1.165, 1.54) is 0 Å². The van der Waals surface area contributed by atoms with Crippen molar-refractivity contribution in [3.63, 3.8) is 0 Å². The first kappa shape index (κ1) is 15.8. The summed E-state index contributed by atoms with van der Waals surface area (Å²) in [4.78, 5) is 9.21. The Kier molecular flexibility index (Phi) is 4.26. The quantitative estimate of drug-likeness (QED) is 0.627. The number of hydrogen-bond acceptors (Lipinski definition) is 5. The molecule has 0 amide bonds. The molecule has 1 fully saturated rings. The number of nitrogens with two attached hydrogens (primary N) is 1. The van der Waals surface area contributed by atoms with E-state index in [1.807, 2.05) is 0 Å². The van der Waals surface area contributed by atoms with Crippen LogP contribution in [0.15, 0.2) is 23.1 Å². The Hall–Kier alpha value is -1.58. The summed E-state index contributed by atoms with van der Waals surface area (Å²) in [6, 6.07) is 2.41. The summed E-state index contributed by atoms with van der Waals surface area (Å²) < 4.78 is 40.8. The number of hydrogen-bond donors (Lipinski definition) is 2. The monoisotopic (exact) mass is 317 g/mol. The summed E-state index contributed by atoms with van der Waals surface area (Å²) in [5.41, 5.74) is 4.36. The number of nitrogens with one attached hydrogen (secondary N) is 1. The molecule has 9 heteroatoms. The Morgan fingerprint density at radius 1 is 1.38 bits per heavy atom. The first-order valence-electron chi connectivity index (χ1n) is 6.48. The number of non-ortho nitro benzene ring substituents is 1. The van der Waals surface area contributed by atoms with Crippen LogP contribution in [-0.2, 0) is 10.0 Å². The predicted molar refractivity (Wildman–Crippen MR) is 73.6 cm³/mol. The highest BCUT2D eigenvalue weighted by atomic mass is 32.2. The number of rotatable bonds is 5. The van der Waals surface area contributed by atoms with Crippen LogP contribution in [0.4, 0.5) is 10.1 Å². The van der Waals surface area contributed by atoms with E-state index in [0.717, 1.165) is 31.0 Å².